The third-order valence-corrected chi connectivity index (χ3v) is 10.8. The average molecular weight is 739 g/mol. The van der Waals surface area contributed by atoms with Crippen molar-refractivity contribution in [3.63, 3.8) is 0 Å². The number of nitrogens with zero attached hydrogens (tertiary/aromatic N) is 6. The molecular formula is C48H30N6OS. The van der Waals surface area contributed by atoms with Crippen molar-refractivity contribution in [3.8, 4) is 85.2 Å². The van der Waals surface area contributed by atoms with Crippen molar-refractivity contribution in [2.24, 2.45) is 0 Å². The lowest BCUT2D eigenvalue weighted by atomic mass is 10.0. The zero-order chi connectivity index (χ0) is 37.4. The Morgan fingerprint density at radius 1 is 0.304 bits per heavy atom. The van der Waals surface area contributed by atoms with Gasteiger partial charge in [0, 0.05) is 59.1 Å². The van der Waals surface area contributed by atoms with Crippen LogP contribution in [0.3, 0.4) is 0 Å². The van der Waals surface area contributed by atoms with Gasteiger partial charge < -0.3 is 5.11 Å². The molecule has 10 aromatic rings. The number of hydrogen-bond donors (Lipinski definition) is 1. The molecule has 0 bridgehead atoms. The molecule has 0 saturated carbocycles. The van der Waals surface area contributed by atoms with Gasteiger partial charge in [-0.2, -0.15) is 0 Å². The van der Waals surface area contributed by atoms with Crippen molar-refractivity contribution in [2.75, 3.05) is 0 Å². The standard InChI is InChI=1S/C48H30N6OS/c55-40-22-11-10-21-37(40)33-19-12-20-34(27-33)46-50-45(32-17-8-3-9-18-32)51-47(54-46)35-24-26-41-39(28-35)38-25-23-36(29-42(38)56-41)48-52-43(30-13-4-1-5-14-30)49-44(53-48)31-15-6-2-7-16-31/h1-29,55H. The molecule has 0 radical (unpaired) electrons. The number of fused-ring (bicyclic) bond motifs is 3. The van der Waals surface area contributed by atoms with Gasteiger partial charge >= 0.3 is 0 Å². The lowest BCUT2D eigenvalue weighted by Crippen LogP contribution is -2.00. The molecule has 0 aliphatic heterocycles. The summed E-state index contributed by atoms with van der Waals surface area (Å²) in [4.78, 5) is 29.8. The van der Waals surface area contributed by atoms with E-state index in [4.69, 9.17) is 29.9 Å². The quantitative estimate of drug-likeness (QED) is 0.174. The van der Waals surface area contributed by atoms with Crippen LogP contribution in [0.25, 0.3) is 99.6 Å². The lowest BCUT2D eigenvalue weighted by Gasteiger charge is -2.10. The summed E-state index contributed by atoms with van der Waals surface area (Å²) in [6, 6.07) is 58.1. The molecule has 56 heavy (non-hydrogen) atoms. The minimum absolute atomic E-state index is 0.219. The summed E-state index contributed by atoms with van der Waals surface area (Å²) in [6.45, 7) is 0. The highest BCUT2D eigenvalue weighted by Crippen LogP contribution is 2.39. The van der Waals surface area contributed by atoms with Gasteiger partial charge in [-0.3, -0.25) is 0 Å². The SMILES string of the molecule is Oc1ccccc1-c1cccc(-c2nc(-c3ccccc3)nc(-c3ccc4sc5cc(-c6nc(-c7ccccc7)nc(-c7ccccc7)n6)ccc5c4c3)n2)c1. The molecule has 0 aliphatic carbocycles. The van der Waals surface area contributed by atoms with Crippen molar-refractivity contribution >= 4 is 31.5 Å². The molecule has 1 N–H and O–H groups in total. The number of benzene rings is 7. The van der Waals surface area contributed by atoms with E-state index >= 15 is 0 Å². The summed E-state index contributed by atoms with van der Waals surface area (Å²) in [5, 5.41) is 12.8. The summed E-state index contributed by atoms with van der Waals surface area (Å²) < 4.78 is 2.28. The molecule has 3 aromatic heterocycles. The van der Waals surface area contributed by atoms with E-state index in [2.05, 4.69) is 36.4 Å². The fourth-order valence-corrected chi connectivity index (χ4v) is 8.01. The summed E-state index contributed by atoms with van der Waals surface area (Å²) in [7, 11) is 0. The largest absolute Gasteiger partial charge is 0.507 e. The van der Waals surface area contributed by atoms with Crippen LogP contribution in [0, 0.1) is 0 Å². The van der Waals surface area contributed by atoms with Gasteiger partial charge in [0.05, 0.1) is 0 Å². The van der Waals surface area contributed by atoms with Crippen molar-refractivity contribution in [1.82, 2.24) is 29.9 Å². The third kappa shape index (κ3) is 6.34. The lowest BCUT2D eigenvalue weighted by molar-refractivity contribution is 0.477. The molecule has 0 fully saturated rings. The fraction of sp³-hybridized carbons (Fsp3) is 0. The van der Waals surface area contributed by atoms with Crippen LogP contribution < -0.4 is 0 Å². The van der Waals surface area contributed by atoms with Crippen LogP contribution in [-0.4, -0.2) is 35.0 Å². The van der Waals surface area contributed by atoms with Crippen molar-refractivity contribution < 1.29 is 5.11 Å². The number of thiophene rings is 1. The Morgan fingerprint density at radius 2 is 0.732 bits per heavy atom. The van der Waals surface area contributed by atoms with Gasteiger partial charge in [0.25, 0.3) is 0 Å². The van der Waals surface area contributed by atoms with Crippen LogP contribution in [-0.2, 0) is 0 Å². The Morgan fingerprint density at radius 3 is 1.29 bits per heavy atom. The number of rotatable bonds is 7. The first-order valence-electron chi connectivity index (χ1n) is 18.2. The minimum Gasteiger partial charge on any atom is -0.507 e. The summed E-state index contributed by atoms with van der Waals surface area (Å²) in [6.07, 6.45) is 0. The summed E-state index contributed by atoms with van der Waals surface area (Å²) in [5.41, 5.74) is 7.01. The Kier molecular flexibility index (Phi) is 8.35. The molecule has 0 atom stereocenters. The smallest absolute Gasteiger partial charge is 0.164 e. The van der Waals surface area contributed by atoms with E-state index in [-0.39, 0.29) is 5.75 Å². The number of para-hydroxylation sites is 1. The molecule has 0 amide bonds. The van der Waals surface area contributed by atoms with Crippen molar-refractivity contribution in [2.45, 2.75) is 0 Å². The van der Waals surface area contributed by atoms with E-state index in [0.717, 1.165) is 64.7 Å². The van der Waals surface area contributed by atoms with E-state index in [9.17, 15) is 5.11 Å². The topological polar surface area (TPSA) is 97.6 Å². The number of phenols is 1. The fourth-order valence-electron chi connectivity index (χ4n) is 6.89. The number of hydrogen-bond acceptors (Lipinski definition) is 8. The normalized spacial score (nSPS) is 11.3. The Balaban J connectivity index is 1.07. The number of phenolic OH excluding ortho intramolecular Hbond substituents is 1. The van der Waals surface area contributed by atoms with Crippen LogP contribution in [0.15, 0.2) is 176 Å². The molecule has 0 aliphatic rings. The maximum Gasteiger partial charge on any atom is 0.164 e. The molecule has 7 aromatic carbocycles. The highest BCUT2D eigenvalue weighted by Gasteiger charge is 2.17. The highest BCUT2D eigenvalue weighted by molar-refractivity contribution is 7.25. The molecule has 7 nitrogen and oxygen atoms in total. The van der Waals surface area contributed by atoms with E-state index in [0.29, 0.717) is 34.9 Å². The molecule has 0 spiro atoms. The monoisotopic (exact) mass is 738 g/mol. The third-order valence-electron chi connectivity index (χ3n) is 9.69. The predicted octanol–water partition coefficient (Wildman–Crippen LogP) is 11.8. The van der Waals surface area contributed by atoms with Gasteiger partial charge in [-0.1, -0.05) is 140 Å². The van der Waals surface area contributed by atoms with Gasteiger partial charge in [0.2, 0.25) is 0 Å². The molecule has 0 saturated heterocycles. The predicted molar refractivity (Wildman–Crippen MR) is 226 cm³/mol. The van der Waals surface area contributed by atoms with E-state index in [1.54, 1.807) is 17.4 Å². The zero-order valence-corrected chi connectivity index (χ0v) is 30.6. The Hall–Kier alpha value is -7.42. The van der Waals surface area contributed by atoms with Crippen LogP contribution in [0.1, 0.15) is 0 Å². The molecule has 0 unspecified atom stereocenters. The van der Waals surface area contributed by atoms with Gasteiger partial charge in [0.15, 0.2) is 34.9 Å². The summed E-state index contributed by atoms with van der Waals surface area (Å²) in [5.74, 6) is 3.81. The molecule has 8 heteroatoms. The maximum absolute atomic E-state index is 10.6. The Bertz CT molecular complexity index is 2980. The van der Waals surface area contributed by atoms with Crippen molar-refractivity contribution in [3.05, 3.63) is 176 Å². The maximum atomic E-state index is 10.6. The highest BCUT2D eigenvalue weighted by atomic mass is 32.1. The summed E-state index contributed by atoms with van der Waals surface area (Å²) >= 11 is 1.73. The van der Waals surface area contributed by atoms with Crippen LogP contribution >= 0.6 is 11.3 Å². The van der Waals surface area contributed by atoms with Gasteiger partial charge in [-0.15, -0.1) is 11.3 Å². The first kappa shape index (κ1) is 33.2. The second-order valence-corrected chi connectivity index (χ2v) is 14.4. The zero-order valence-electron chi connectivity index (χ0n) is 29.8. The second kappa shape index (κ2) is 14.1. The van der Waals surface area contributed by atoms with Gasteiger partial charge in [-0.25, -0.2) is 29.9 Å². The van der Waals surface area contributed by atoms with Gasteiger partial charge in [0.1, 0.15) is 5.75 Å². The molecule has 10 rings (SSSR count). The van der Waals surface area contributed by atoms with Gasteiger partial charge in [-0.05, 0) is 42.0 Å². The average Bonchev–Trinajstić information content (AvgIpc) is 3.64. The molecule has 264 valence electrons. The molecular weight excluding hydrogens is 709 g/mol. The van der Waals surface area contributed by atoms with Crippen molar-refractivity contribution in [1.29, 1.82) is 0 Å². The van der Waals surface area contributed by atoms with E-state index in [1.807, 2.05) is 133 Å². The first-order chi connectivity index (χ1) is 27.6. The minimum atomic E-state index is 0.219. The van der Waals surface area contributed by atoms with E-state index in [1.165, 1.54) is 0 Å². The van der Waals surface area contributed by atoms with E-state index < -0.39 is 0 Å². The molecule has 3 heterocycles. The number of aromatic nitrogens is 6. The number of aromatic hydroxyl groups is 1. The first-order valence-corrected chi connectivity index (χ1v) is 19.0. The van der Waals surface area contributed by atoms with Crippen LogP contribution in [0.2, 0.25) is 0 Å². The Labute approximate surface area is 326 Å². The van der Waals surface area contributed by atoms with Crippen LogP contribution in [0.4, 0.5) is 0 Å². The van der Waals surface area contributed by atoms with Crippen LogP contribution in [0.5, 0.6) is 5.75 Å². The second-order valence-electron chi connectivity index (χ2n) is 13.3.